The van der Waals surface area contributed by atoms with E-state index in [0.29, 0.717) is 20.6 Å². The first-order valence-electron chi connectivity index (χ1n) is 5.25. The van der Waals surface area contributed by atoms with E-state index in [9.17, 15) is 9.18 Å². The van der Waals surface area contributed by atoms with Crippen molar-refractivity contribution in [2.24, 2.45) is 0 Å². The molecule has 4 heteroatoms. The van der Waals surface area contributed by atoms with Crippen LogP contribution >= 0.6 is 27.5 Å². The zero-order chi connectivity index (χ0) is 13.3. The lowest BCUT2D eigenvalue weighted by molar-refractivity contribution is 0.103. The van der Waals surface area contributed by atoms with Crippen molar-refractivity contribution in [1.82, 2.24) is 0 Å². The van der Waals surface area contributed by atoms with Crippen LogP contribution in [0.3, 0.4) is 0 Å². The Morgan fingerprint density at radius 3 is 2.56 bits per heavy atom. The minimum absolute atomic E-state index is 0.226. The summed E-state index contributed by atoms with van der Waals surface area (Å²) in [4.78, 5) is 12.3. The molecule has 1 nitrogen and oxygen atoms in total. The highest BCUT2D eigenvalue weighted by Gasteiger charge is 2.15. The molecule has 0 aliphatic heterocycles. The Morgan fingerprint density at radius 2 is 1.89 bits per heavy atom. The molecule has 0 atom stereocenters. The average Bonchev–Trinajstić information content (AvgIpc) is 2.31. The number of benzene rings is 2. The lowest BCUT2D eigenvalue weighted by Crippen LogP contribution is -2.05. The second kappa shape index (κ2) is 5.21. The van der Waals surface area contributed by atoms with Gasteiger partial charge in [0.2, 0.25) is 0 Å². The molecule has 0 heterocycles. The van der Waals surface area contributed by atoms with Crippen LogP contribution in [0, 0.1) is 12.7 Å². The van der Waals surface area contributed by atoms with Crippen LogP contribution in [-0.2, 0) is 0 Å². The zero-order valence-electron chi connectivity index (χ0n) is 9.51. The van der Waals surface area contributed by atoms with Gasteiger partial charge in [-0.15, -0.1) is 0 Å². The number of carbonyl (C=O) groups excluding carboxylic acids is 1. The van der Waals surface area contributed by atoms with Crippen LogP contribution in [0.15, 0.2) is 40.9 Å². The van der Waals surface area contributed by atoms with Crippen LogP contribution in [0.5, 0.6) is 0 Å². The SMILES string of the molecule is Cc1ccc(F)cc1C(=O)c1ccc(Cl)cc1Br. The molecule has 0 unspecified atom stereocenters. The first-order chi connectivity index (χ1) is 8.49. The Bertz CT molecular complexity index is 625. The fourth-order valence-corrected chi connectivity index (χ4v) is 2.52. The van der Waals surface area contributed by atoms with E-state index in [2.05, 4.69) is 15.9 Å². The van der Waals surface area contributed by atoms with E-state index in [-0.39, 0.29) is 5.78 Å². The fraction of sp³-hybridized carbons (Fsp3) is 0.0714. The van der Waals surface area contributed by atoms with Crippen molar-refractivity contribution >= 4 is 33.3 Å². The summed E-state index contributed by atoms with van der Waals surface area (Å²) in [5.41, 5.74) is 1.56. The second-order valence-electron chi connectivity index (χ2n) is 3.91. The number of halogens is 3. The maximum atomic E-state index is 13.2. The van der Waals surface area contributed by atoms with E-state index >= 15 is 0 Å². The first kappa shape index (κ1) is 13.2. The molecule has 2 aromatic carbocycles. The number of hydrogen-bond donors (Lipinski definition) is 0. The molecule has 0 saturated heterocycles. The average molecular weight is 328 g/mol. The molecule has 0 bridgehead atoms. The predicted molar refractivity (Wildman–Crippen MR) is 73.7 cm³/mol. The molecule has 0 aromatic heterocycles. The minimum Gasteiger partial charge on any atom is -0.289 e. The van der Waals surface area contributed by atoms with E-state index in [0.717, 1.165) is 5.56 Å². The molecule has 0 saturated carbocycles. The van der Waals surface area contributed by atoms with Crippen LogP contribution in [0.4, 0.5) is 4.39 Å². The van der Waals surface area contributed by atoms with Crippen molar-refractivity contribution in [2.75, 3.05) is 0 Å². The third-order valence-electron chi connectivity index (χ3n) is 2.62. The van der Waals surface area contributed by atoms with Gasteiger partial charge in [0.05, 0.1) is 0 Å². The third kappa shape index (κ3) is 2.62. The molecular formula is C14H9BrClFO. The van der Waals surface area contributed by atoms with Gasteiger partial charge in [0.1, 0.15) is 5.82 Å². The fourth-order valence-electron chi connectivity index (χ4n) is 1.66. The quantitative estimate of drug-likeness (QED) is 0.725. The minimum atomic E-state index is -0.422. The van der Waals surface area contributed by atoms with Gasteiger partial charge in [-0.05, 0) is 58.7 Å². The van der Waals surface area contributed by atoms with Gasteiger partial charge >= 0.3 is 0 Å². The summed E-state index contributed by atoms with van der Waals surface area (Å²) >= 11 is 9.11. The lowest BCUT2D eigenvalue weighted by atomic mass is 9.99. The molecule has 0 aliphatic rings. The van der Waals surface area contributed by atoms with E-state index in [4.69, 9.17) is 11.6 Å². The summed E-state index contributed by atoms with van der Waals surface area (Å²) in [6.45, 7) is 1.77. The number of aryl methyl sites for hydroxylation is 1. The van der Waals surface area contributed by atoms with Crippen molar-refractivity contribution in [3.8, 4) is 0 Å². The Hall–Kier alpha value is -1.19. The maximum Gasteiger partial charge on any atom is 0.194 e. The van der Waals surface area contributed by atoms with Crippen LogP contribution in [0.1, 0.15) is 21.5 Å². The summed E-state index contributed by atoms with van der Waals surface area (Å²) in [6.07, 6.45) is 0. The van der Waals surface area contributed by atoms with Gasteiger partial charge in [-0.25, -0.2) is 4.39 Å². The van der Waals surface area contributed by atoms with Gasteiger partial charge < -0.3 is 0 Å². The van der Waals surface area contributed by atoms with Crippen molar-refractivity contribution in [3.63, 3.8) is 0 Å². The van der Waals surface area contributed by atoms with E-state index in [1.807, 2.05) is 0 Å². The summed E-state index contributed by atoms with van der Waals surface area (Å²) in [6, 6.07) is 9.07. The highest BCUT2D eigenvalue weighted by molar-refractivity contribution is 9.10. The van der Waals surface area contributed by atoms with Gasteiger partial charge in [0.15, 0.2) is 5.78 Å². The maximum absolute atomic E-state index is 13.2. The number of ketones is 1. The molecule has 0 N–H and O–H groups in total. The molecule has 0 aliphatic carbocycles. The zero-order valence-corrected chi connectivity index (χ0v) is 11.8. The Kier molecular flexibility index (Phi) is 3.83. The normalized spacial score (nSPS) is 10.4. The van der Waals surface area contributed by atoms with Crippen molar-refractivity contribution in [1.29, 1.82) is 0 Å². The van der Waals surface area contributed by atoms with E-state index in [1.54, 1.807) is 31.2 Å². The lowest BCUT2D eigenvalue weighted by Gasteiger charge is -2.07. The van der Waals surface area contributed by atoms with Gasteiger partial charge in [-0.3, -0.25) is 4.79 Å². The highest BCUT2D eigenvalue weighted by atomic mass is 79.9. The number of rotatable bonds is 2. The summed E-state index contributed by atoms with van der Waals surface area (Å²) < 4.78 is 13.8. The van der Waals surface area contributed by atoms with Crippen LogP contribution in [0.2, 0.25) is 5.02 Å². The third-order valence-corrected chi connectivity index (χ3v) is 3.51. The molecule has 0 fully saturated rings. The van der Waals surface area contributed by atoms with E-state index in [1.165, 1.54) is 12.1 Å². The monoisotopic (exact) mass is 326 g/mol. The molecule has 92 valence electrons. The Morgan fingerprint density at radius 1 is 1.17 bits per heavy atom. The van der Waals surface area contributed by atoms with Crippen LogP contribution < -0.4 is 0 Å². The number of carbonyl (C=O) groups is 1. The molecular weight excluding hydrogens is 319 g/mol. The molecule has 18 heavy (non-hydrogen) atoms. The molecule has 0 amide bonds. The molecule has 2 rings (SSSR count). The van der Waals surface area contributed by atoms with Crippen molar-refractivity contribution in [2.45, 2.75) is 6.92 Å². The smallest absolute Gasteiger partial charge is 0.194 e. The van der Waals surface area contributed by atoms with Gasteiger partial charge in [-0.1, -0.05) is 17.7 Å². The van der Waals surface area contributed by atoms with Gasteiger partial charge in [0, 0.05) is 20.6 Å². The van der Waals surface area contributed by atoms with Crippen LogP contribution in [0.25, 0.3) is 0 Å². The Labute approximate surface area is 118 Å². The highest BCUT2D eigenvalue weighted by Crippen LogP contribution is 2.25. The van der Waals surface area contributed by atoms with Gasteiger partial charge in [-0.2, -0.15) is 0 Å². The number of hydrogen-bond acceptors (Lipinski definition) is 1. The summed E-state index contributed by atoms with van der Waals surface area (Å²) in [5.74, 6) is -0.649. The largest absolute Gasteiger partial charge is 0.289 e. The van der Waals surface area contributed by atoms with Crippen molar-refractivity contribution in [3.05, 3.63) is 68.4 Å². The predicted octanol–water partition coefficient (Wildman–Crippen LogP) is 4.78. The second-order valence-corrected chi connectivity index (χ2v) is 5.20. The first-order valence-corrected chi connectivity index (χ1v) is 6.42. The summed E-state index contributed by atoms with van der Waals surface area (Å²) in [5, 5.41) is 0.536. The topological polar surface area (TPSA) is 17.1 Å². The molecule has 0 spiro atoms. The molecule has 0 radical (unpaired) electrons. The standard InChI is InChI=1S/C14H9BrClFO/c1-8-2-4-10(17)7-12(8)14(18)11-5-3-9(16)6-13(11)15/h2-7H,1H3. The summed E-state index contributed by atoms with van der Waals surface area (Å²) in [7, 11) is 0. The van der Waals surface area contributed by atoms with Crippen LogP contribution in [-0.4, -0.2) is 5.78 Å². The Balaban J connectivity index is 2.51. The molecule has 2 aromatic rings. The van der Waals surface area contributed by atoms with Crippen molar-refractivity contribution < 1.29 is 9.18 Å². The van der Waals surface area contributed by atoms with E-state index < -0.39 is 5.82 Å². The van der Waals surface area contributed by atoms with Gasteiger partial charge in [0.25, 0.3) is 0 Å².